The van der Waals surface area contributed by atoms with Gasteiger partial charge < -0.3 is 5.32 Å². The highest BCUT2D eigenvalue weighted by Crippen LogP contribution is 2.28. The van der Waals surface area contributed by atoms with E-state index in [0.717, 1.165) is 10.4 Å². The van der Waals surface area contributed by atoms with Crippen molar-refractivity contribution in [2.75, 3.05) is 11.9 Å². The molecule has 0 radical (unpaired) electrons. The zero-order valence-electron chi connectivity index (χ0n) is 15.2. The van der Waals surface area contributed by atoms with Gasteiger partial charge in [-0.2, -0.15) is 13.2 Å². The highest BCUT2D eigenvalue weighted by molar-refractivity contribution is 7.83. The molecule has 0 aliphatic rings. The Morgan fingerprint density at radius 3 is 2.50 bits per heavy atom. The number of hydrogen-bond donors (Lipinski definition) is 2. The zero-order chi connectivity index (χ0) is 21.7. The summed E-state index contributed by atoms with van der Waals surface area (Å²) >= 11 is 7.35. The van der Waals surface area contributed by atoms with Crippen LogP contribution in [0.15, 0.2) is 54.7 Å². The Hall–Kier alpha value is -2.27. The minimum atomic E-state index is -4.78. The van der Waals surface area contributed by atoms with E-state index in [0.29, 0.717) is 21.3 Å². The number of carbonyl (C=O) groups excluding carboxylic acids is 1. The van der Waals surface area contributed by atoms with E-state index in [2.05, 4.69) is 10.3 Å². The second-order valence-electron chi connectivity index (χ2n) is 5.99. The van der Waals surface area contributed by atoms with Gasteiger partial charge in [-0.1, -0.05) is 35.9 Å². The lowest BCUT2D eigenvalue weighted by molar-refractivity contribution is -0.0394. The SMILES string of the molecule is O=C(Nc1ccc(-c2cnc(CCNS(=O)C(F)(F)F)s2)cc1)c1ccccc1Cl. The number of aromatic nitrogens is 1. The molecule has 11 heteroatoms. The number of hydrogen-bond acceptors (Lipinski definition) is 4. The first kappa shape index (κ1) is 22.4. The van der Waals surface area contributed by atoms with Gasteiger partial charge in [-0.3, -0.25) is 4.79 Å². The Bertz CT molecular complexity index is 1060. The molecule has 0 aliphatic carbocycles. The topological polar surface area (TPSA) is 71.1 Å². The van der Waals surface area contributed by atoms with Crippen LogP contribution in [0.5, 0.6) is 0 Å². The van der Waals surface area contributed by atoms with Gasteiger partial charge in [0.25, 0.3) is 5.91 Å². The molecule has 158 valence electrons. The average Bonchev–Trinajstić information content (AvgIpc) is 3.17. The molecule has 30 heavy (non-hydrogen) atoms. The van der Waals surface area contributed by atoms with Gasteiger partial charge in [0, 0.05) is 24.8 Å². The molecular formula is C19H15ClF3N3O2S2. The predicted octanol–water partition coefficient (Wildman–Crippen LogP) is 5.03. The molecule has 1 atom stereocenters. The lowest BCUT2D eigenvalue weighted by atomic mass is 10.1. The highest BCUT2D eigenvalue weighted by atomic mass is 35.5. The highest BCUT2D eigenvalue weighted by Gasteiger charge is 2.36. The summed E-state index contributed by atoms with van der Waals surface area (Å²) in [6, 6.07) is 13.8. The standard InChI is InChI=1S/C19H15ClF3N3O2S2/c20-15-4-2-1-3-14(15)18(27)26-13-7-5-12(6-8-13)16-11-24-17(29-16)9-10-25-30(28)19(21,22)23/h1-8,11,25H,9-10H2,(H,26,27). The Balaban J connectivity index is 1.58. The third kappa shape index (κ3) is 5.88. The number of rotatable bonds is 7. The minimum absolute atomic E-state index is 0.105. The van der Waals surface area contributed by atoms with Crippen molar-refractivity contribution >= 4 is 45.5 Å². The van der Waals surface area contributed by atoms with Gasteiger partial charge in [0.15, 0.2) is 11.0 Å². The summed E-state index contributed by atoms with van der Waals surface area (Å²) < 4.78 is 49.5. The first-order chi connectivity index (χ1) is 14.2. The lowest BCUT2D eigenvalue weighted by Gasteiger charge is -2.07. The number of alkyl halides is 3. The van der Waals surface area contributed by atoms with Gasteiger partial charge in [-0.15, -0.1) is 11.3 Å². The number of amides is 1. The van der Waals surface area contributed by atoms with Crippen LogP contribution in [0.4, 0.5) is 18.9 Å². The molecule has 1 heterocycles. The smallest absolute Gasteiger partial charge is 0.322 e. The second-order valence-corrected chi connectivity index (χ2v) is 8.80. The molecule has 3 aromatic rings. The summed E-state index contributed by atoms with van der Waals surface area (Å²) in [6.07, 6.45) is 1.84. The van der Waals surface area contributed by atoms with E-state index in [4.69, 9.17) is 11.6 Å². The first-order valence-electron chi connectivity index (χ1n) is 8.57. The molecule has 0 fully saturated rings. The van der Waals surface area contributed by atoms with Crippen LogP contribution in [0.1, 0.15) is 15.4 Å². The van der Waals surface area contributed by atoms with Crippen molar-refractivity contribution in [2.45, 2.75) is 11.9 Å². The molecule has 5 nitrogen and oxygen atoms in total. The molecule has 0 bridgehead atoms. The predicted molar refractivity (Wildman–Crippen MR) is 113 cm³/mol. The van der Waals surface area contributed by atoms with E-state index in [1.165, 1.54) is 11.3 Å². The maximum Gasteiger partial charge on any atom is 0.485 e. The van der Waals surface area contributed by atoms with E-state index in [1.807, 2.05) is 4.72 Å². The number of thiazole rings is 1. The molecule has 1 aromatic heterocycles. The fourth-order valence-electron chi connectivity index (χ4n) is 2.45. The monoisotopic (exact) mass is 473 g/mol. The molecule has 0 saturated carbocycles. The van der Waals surface area contributed by atoms with E-state index in [9.17, 15) is 22.2 Å². The Kier molecular flexibility index (Phi) is 7.24. The third-order valence-electron chi connectivity index (χ3n) is 3.88. The van der Waals surface area contributed by atoms with Crippen molar-refractivity contribution in [2.24, 2.45) is 0 Å². The average molecular weight is 474 g/mol. The number of benzene rings is 2. The molecular weight excluding hydrogens is 459 g/mol. The normalized spacial score (nSPS) is 12.5. The van der Waals surface area contributed by atoms with Gasteiger partial charge >= 0.3 is 5.51 Å². The number of nitrogens with one attached hydrogen (secondary N) is 2. The molecule has 1 unspecified atom stereocenters. The zero-order valence-corrected chi connectivity index (χ0v) is 17.6. The Morgan fingerprint density at radius 2 is 1.83 bits per heavy atom. The fraction of sp³-hybridized carbons (Fsp3) is 0.158. The number of anilines is 1. The molecule has 3 rings (SSSR count). The van der Waals surface area contributed by atoms with Crippen LogP contribution in [0.2, 0.25) is 5.02 Å². The van der Waals surface area contributed by atoms with Gasteiger partial charge in [0.2, 0.25) is 0 Å². The molecule has 2 aromatic carbocycles. The molecule has 0 saturated heterocycles. The van der Waals surface area contributed by atoms with Crippen LogP contribution >= 0.6 is 22.9 Å². The van der Waals surface area contributed by atoms with Crippen LogP contribution in [0.3, 0.4) is 0 Å². The van der Waals surface area contributed by atoms with Gasteiger partial charge in [-0.25, -0.2) is 13.9 Å². The quantitative estimate of drug-likeness (QED) is 0.505. The summed E-state index contributed by atoms with van der Waals surface area (Å²) in [5.41, 5.74) is -2.97. The molecule has 0 spiro atoms. The largest absolute Gasteiger partial charge is 0.485 e. The van der Waals surface area contributed by atoms with Gasteiger partial charge in [-0.05, 0) is 29.8 Å². The minimum Gasteiger partial charge on any atom is -0.322 e. The summed E-state index contributed by atoms with van der Waals surface area (Å²) in [5.74, 6) is -0.322. The molecule has 1 amide bonds. The number of carbonyl (C=O) groups is 1. The van der Waals surface area contributed by atoms with Crippen LogP contribution < -0.4 is 10.0 Å². The Labute approximate surface area is 181 Å². The van der Waals surface area contributed by atoms with Gasteiger partial charge in [0.05, 0.1) is 20.5 Å². The fourth-order valence-corrected chi connectivity index (χ4v) is 4.05. The third-order valence-corrected chi connectivity index (χ3v) is 6.20. The van der Waals surface area contributed by atoms with Crippen LogP contribution in [0, 0.1) is 0 Å². The van der Waals surface area contributed by atoms with Gasteiger partial charge in [0.1, 0.15) is 0 Å². The second kappa shape index (κ2) is 9.69. The maximum atomic E-state index is 12.3. The number of halogens is 4. The van der Waals surface area contributed by atoms with Crippen molar-refractivity contribution in [3.05, 3.63) is 70.3 Å². The number of nitrogens with zero attached hydrogens (tertiary/aromatic N) is 1. The van der Waals surface area contributed by atoms with Crippen molar-refractivity contribution < 1.29 is 22.2 Å². The van der Waals surface area contributed by atoms with Crippen molar-refractivity contribution in [3.63, 3.8) is 0 Å². The van der Waals surface area contributed by atoms with Crippen molar-refractivity contribution in [3.8, 4) is 10.4 Å². The Morgan fingerprint density at radius 1 is 1.13 bits per heavy atom. The summed E-state index contributed by atoms with van der Waals surface area (Å²) in [5, 5.41) is 3.75. The molecule has 0 aliphatic heterocycles. The summed E-state index contributed by atoms with van der Waals surface area (Å²) in [6.45, 7) is -0.105. The molecule has 2 N–H and O–H groups in total. The van der Waals surface area contributed by atoms with Crippen LogP contribution in [0.25, 0.3) is 10.4 Å². The maximum absolute atomic E-state index is 12.3. The van der Waals surface area contributed by atoms with E-state index < -0.39 is 16.5 Å². The summed E-state index contributed by atoms with van der Waals surface area (Å²) in [4.78, 5) is 17.3. The van der Waals surface area contributed by atoms with Crippen molar-refractivity contribution in [1.82, 2.24) is 9.71 Å². The van der Waals surface area contributed by atoms with E-state index in [1.54, 1.807) is 54.7 Å². The van der Waals surface area contributed by atoms with Crippen molar-refractivity contribution in [1.29, 1.82) is 0 Å². The van der Waals surface area contributed by atoms with E-state index in [-0.39, 0.29) is 18.9 Å². The lowest BCUT2D eigenvalue weighted by Crippen LogP contribution is -2.31. The first-order valence-corrected chi connectivity index (χ1v) is 10.9. The van der Waals surface area contributed by atoms with E-state index >= 15 is 0 Å². The van der Waals surface area contributed by atoms with Crippen LogP contribution in [-0.2, 0) is 17.4 Å². The summed E-state index contributed by atoms with van der Waals surface area (Å²) in [7, 11) is -3.08. The van der Waals surface area contributed by atoms with Crippen LogP contribution in [-0.4, -0.2) is 27.2 Å².